The van der Waals surface area contributed by atoms with Gasteiger partial charge in [0.05, 0.1) is 6.54 Å². The van der Waals surface area contributed by atoms with Crippen LogP contribution in [0.2, 0.25) is 0 Å². The summed E-state index contributed by atoms with van der Waals surface area (Å²) in [6, 6.07) is 16.4. The van der Waals surface area contributed by atoms with E-state index in [0.717, 1.165) is 48.9 Å². The van der Waals surface area contributed by atoms with Crippen LogP contribution in [0.5, 0.6) is 0 Å². The number of carbonyl (C=O) groups is 2. The zero-order valence-electron chi connectivity index (χ0n) is 17.9. The van der Waals surface area contributed by atoms with Crippen LogP contribution in [0.1, 0.15) is 28.4 Å². The number of anilines is 1. The number of nitrogens with zero attached hydrogens (tertiary/aromatic N) is 2. The summed E-state index contributed by atoms with van der Waals surface area (Å²) in [6.45, 7) is 8.35. The molecule has 1 N–H and O–H groups in total. The van der Waals surface area contributed by atoms with Crippen molar-refractivity contribution in [1.29, 1.82) is 0 Å². The van der Waals surface area contributed by atoms with E-state index in [-0.39, 0.29) is 11.7 Å². The maximum Gasteiger partial charge on any atom is 0.234 e. The number of Topliss-reactive ketones (excluding diaryl/α,β-unsaturated/α-hetero) is 1. The first kappa shape index (κ1) is 22.4. The highest BCUT2D eigenvalue weighted by atomic mass is 32.2. The lowest BCUT2D eigenvalue weighted by Gasteiger charge is -2.35. The van der Waals surface area contributed by atoms with Gasteiger partial charge >= 0.3 is 0 Å². The molecule has 1 aliphatic heterocycles. The van der Waals surface area contributed by atoms with Crippen molar-refractivity contribution in [2.75, 3.05) is 49.9 Å². The van der Waals surface area contributed by atoms with Crippen molar-refractivity contribution in [3.63, 3.8) is 0 Å². The summed E-state index contributed by atoms with van der Waals surface area (Å²) < 4.78 is 0. The van der Waals surface area contributed by atoms with Crippen molar-refractivity contribution in [3.8, 4) is 0 Å². The second-order valence-electron chi connectivity index (χ2n) is 7.75. The SMILES string of the molecule is CC(=O)c1ccc(N2CCN(CC(=O)NCCSCc3ccc(C)cc3)CC2)cc1. The van der Waals surface area contributed by atoms with E-state index in [1.165, 1.54) is 11.1 Å². The maximum absolute atomic E-state index is 12.2. The first-order valence-corrected chi connectivity index (χ1v) is 11.6. The highest BCUT2D eigenvalue weighted by molar-refractivity contribution is 7.98. The van der Waals surface area contributed by atoms with Crippen molar-refractivity contribution in [1.82, 2.24) is 10.2 Å². The minimum absolute atomic E-state index is 0.0888. The fourth-order valence-corrected chi connectivity index (χ4v) is 4.29. The van der Waals surface area contributed by atoms with Gasteiger partial charge in [-0.1, -0.05) is 29.8 Å². The molecule has 30 heavy (non-hydrogen) atoms. The highest BCUT2D eigenvalue weighted by Gasteiger charge is 2.19. The van der Waals surface area contributed by atoms with Gasteiger partial charge in [0.15, 0.2) is 5.78 Å². The summed E-state index contributed by atoms with van der Waals surface area (Å²) in [5, 5.41) is 3.04. The van der Waals surface area contributed by atoms with Crippen LogP contribution in [0.25, 0.3) is 0 Å². The lowest BCUT2D eigenvalue weighted by atomic mass is 10.1. The van der Waals surface area contributed by atoms with Crippen LogP contribution < -0.4 is 10.2 Å². The summed E-state index contributed by atoms with van der Waals surface area (Å²) in [5.74, 6) is 2.09. The third-order valence-electron chi connectivity index (χ3n) is 5.34. The fourth-order valence-electron chi connectivity index (χ4n) is 3.47. The molecule has 1 saturated heterocycles. The molecule has 3 rings (SSSR count). The Labute approximate surface area is 183 Å². The zero-order chi connectivity index (χ0) is 21.3. The molecule has 5 nitrogen and oxygen atoms in total. The van der Waals surface area contributed by atoms with Crippen LogP contribution in [0.3, 0.4) is 0 Å². The molecule has 0 atom stereocenters. The Kier molecular flexibility index (Phi) is 8.34. The van der Waals surface area contributed by atoms with E-state index in [1.807, 2.05) is 36.0 Å². The quantitative estimate of drug-likeness (QED) is 0.493. The van der Waals surface area contributed by atoms with E-state index in [9.17, 15) is 9.59 Å². The van der Waals surface area contributed by atoms with Crippen LogP contribution in [-0.2, 0) is 10.5 Å². The number of aryl methyl sites for hydroxylation is 1. The molecule has 0 radical (unpaired) electrons. The molecular formula is C24H31N3O2S. The van der Waals surface area contributed by atoms with Crippen molar-refractivity contribution >= 4 is 29.1 Å². The smallest absolute Gasteiger partial charge is 0.234 e. The Morgan fingerprint density at radius 2 is 1.63 bits per heavy atom. The van der Waals surface area contributed by atoms with E-state index in [0.29, 0.717) is 13.1 Å². The van der Waals surface area contributed by atoms with E-state index in [1.54, 1.807) is 6.92 Å². The number of carbonyl (C=O) groups excluding carboxylic acids is 2. The molecule has 2 aromatic rings. The highest BCUT2D eigenvalue weighted by Crippen LogP contribution is 2.17. The van der Waals surface area contributed by atoms with Crippen LogP contribution >= 0.6 is 11.8 Å². The van der Waals surface area contributed by atoms with E-state index >= 15 is 0 Å². The van der Waals surface area contributed by atoms with Crippen molar-refractivity contribution < 1.29 is 9.59 Å². The van der Waals surface area contributed by atoms with Gasteiger partial charge in [0.1, 0.15) is 0 Å². The van der Waals surface area contributed by atoms with Crippen LogP contribution in [-0.4, -0.2) is 61.6 Å². The van der Waals surface area contributed by atoms with Gasteiger partial charge in [0, 0.05) is 55.5 Å². The Morgan fingerprint density at radius 3 is 2.27 bits per heavy atom. The molecule has 0 aromatic heterocycles. The van der Waals surface area contributed by atoms with Crippen molar-refractivity contribution in [2.24, 2.45) is 0 Å². The number of amides is 1. The Bertz CT molecular complexity index is 829. The lowest BCUT2D eigenvalue weighted by molar-refractivity contribution is -0.122. The Balaban J connectivity index is 1.30. The van der Waals surface area contributed by atoms with Gasteiger partial charge in [-0.2, -0.15) is 11.8 Å². The average Bonchev–Trinajstić information content (AvgIpc) is 2.75. The summed E-state index contributed by atoms with van der Waals surface area (Å²) >= 11 is 1.84. The first-order valence-electron chi connectivity index (χ1n) is 10.5. The molecule has 0 aliphatic carbocycles. The first-order chi connectivity index (χ1) is 14.5. The van der Waals surface area contributed by atoms with E-state index in [2.05, 4.69) is 46.3 Å². The predicted octanol–water partition coefficient (Wildman–Crippen LogP) is 3.37. The van der Waals surface area contributed by atoms with Gasteiger partial charge in [0.2, 0.25) is 5.91 Å². The molecule has 1 heterocycles. The van der Waals surface area contributed by atoms with Crippen LogP contribution in [0.4, 0.5) is 5.69 Å². The van der Waals surface area contributed by atoms with Gasteiger partial charge in [-0.3, -0.25) is 14.5 Å². The molecular weight excluding hydrogens is 394 g/mol. The number of nitrogens with one attached hydrogen (secondary N) is 1. The molecule has 6 heteroatoms. The second-order valence-corrected chi connectivity index (χ2v) is 8.86. The summed E-state index contributed by atoms with van der Waals surface area (Å²) in [7, 11) is 0. The molecule has 160 valence electrons. The number of thioether (sulfide) groups is 1. The lowest BCUT2D eigenvalue weighted by Crippen LogP contribution is -2.49. The fraction of sp³-hybridized carbons (Fsp3) is 0.417. The van der Waals surface area contributed by atoms with Crippen LogP contribution in [0.15, 0.2) is 48.5 Å². The number of benzene rings is 2. The average molecular weight is 426 g/mol. The molecule has 2 aromatic carbocycles. The van der Waals surface area contributed by atoms with Gasteiger partial charge in [-0.25, -0.2) is 0 Å². The molecule has 1 amide bonds. The monoisotopic (exact) mass is 425 g/mol. The summed E-state index contributed by atoms with van der Waals surface area (Å²) in [4.78, 5) is 28.1. The third-order valence-corrected chi connectivity index (χ3v) is 6.37. The summed E-state index contributed by atoms with van der Waals surface area (Å²) in [5.41, 5.74) is 4.48. The number of rotatable bonds is 9. The number of piperazine rings is 1. The minimum Gasteiger partial charge on any atom is -0.369 e. The molecule has 0 unspecified atom stereocenters. The molecule has 1 aliphatic rings. The third kappa shape index (κ3) is 6.89. The van der Waals surface area contributed by atoms with Gasteiger partial charge in [0.25, 0.3) is 0 Å². The Morgan fingerprint density at radius 1 is 0.967 bits per heavy atom. The largest absolute Gasteiger partial charge is 0.369 e. The number of hydrogen-bond acceptors (Lipinski definition) is 5. The van der Waals surface area contributed by atoms with Crippen molar-refractivity contribution in [3.05, 3.63) is 65.2 Å². The van der Waals surface area contributed by atoms with Crippen LogP contribution in [0, 0.1) is 6.92 Å². The Hall–Kier alpha value is -2.31. The zero-order valence-corrected chi connectivity index (χ0v) is 18.7. The van der Waals surface area contributed by atoms with Gasteiger partial charge < -0.3 is 10.2 Å². The van der Waals surface area contributed by atoms with Crippen molar-refractivity contribution in [2.45, 2.75) is 19.6 Å². The number of hydrogen-bond donors (Lipinski definition) is 1. The second kappa shape index (κ2) is 11.2. The topological polar surface area (TPSA) is 52.7 Å². The normalized spacial score (nSPS) is 14.5. The van der Waals surface area contributed by atoms with E-state index < -0.39 is 0 Å². The minimum atomic E-state index is 0.0888. The van der Waals surface area contributed by atoms with E-state index in [4.69, 9.17) is 0 Å². The standard InChI is InChI=1S/C24H31N3O2S/c1-19-3-5-21(6-4-19)18-30-16-11-25-24(29)17-26-12-14-27(15-13-26)23-9-7-22(8-10-23)20(2)28/h3-10H,11-18H2,1-2H3,(H,25,29). The predicted molar refractivity (Wildman–Crippen MR) is 125 cm³/mol. The number of ketones is 1. The maximum atomic E-state index is 12.2. The molecule has 0 saturated carbocycles. The summed E-state index contributed by atoms with van der Waals surface area (Å²) in [6.07, 6.45) is 0. The molecule has 0 bridgehead atoms. The molecule has 0 spiro atoms. The molecule has 1 fully saturated rings. The van der Waals surface area contributed by atoms with Gasteiger partial charge in [-0.15, -0.1) is 0 Å². The van der Waals surface area contributed by atoms with Gasteiger partial charge in [-0.05, 0) is 43.7 Å².